The number of ether oxygens (including phenoxy) is 1. The zero-order valence-corrected chi connectivity index (χ0v) is 17.1. The normalized spacial score (nSPS) is 27.6. The third-order valence-corrected chi connectivity index (χ3v) is 6.96. The van der Waals surface area contributed by atoms with E-state index < -0.39 is 12.1 Å². The summed E-state index contributed by atoms with van der Waals surface area (Å²) in [7, 11) is 0. The van der Waals surface area contributed by atoms with E-state index in [1.807, 2.05) is 31.3 Å². The summed E-state index contributed by atoms with van der Waals surface area (Å²) in [5.74, 6) is -0.224. The van der Waals surface area contributed by atoms with Crippen molar-refractivity contribution in [3.05, 3.63) is 36.0 Å². The van der Waals surface area contributed by atoms with Gasteiger partial charge < -0.3 is 19.9 Å². The third-order valence-electron chi connectivity index (χ3n) is 6.96. The topological polar surface area (TPSA) is 91.5 Å². The van der Waals surface area contributed by atoms with Crippen LogP contribution in [0.15, 0.2) is 30.5 Å². The number of fused-ring (bicyclic) bond motifs is 2. The van der Waals surface area contributed by atoms with Crippen LogP contribution in [0.3, 0.4) is 0 Å². The van der Waals surface area contributed by atoms with Crippen LogP contribution >= 0.6 is 0 Å². The Balaban J connectivity index is 1.40. The van der Waals surface area contributed by atoms with Crippen molar-refractivity contribution < 1.29 is 19.1 Å². The average Bonchev–Trinajstić information content (AvgIpc) is 3.52. The van der Waals surface area contributed by atoms with E-state index in [-0.39, 0.29) is 42.1 Å². The molecule has 1 aromatic carbocycles. The number of amides is 2. The lowest BCUT2D eigenvalue weighted by atomic mass is 9.95. The van der Waals surface area contributed by atoms with Gasteiger partial charge in [-0.1, -0.05) is 25.8 Å². The fraction of sp³-hybridized carbons (Fsp3) is 0.522. The summed E-state index contributed by atoms with van der Waals surface area (Å²) >= 11 is 0. The highest BCUT2D eigenvalue weighted by atomic mass is 16.5. The Hall–Kier alpha value is -2.67. The highest BCUT2D eigenvalue weighted by Gasteiger charge is 2.52. The molecular formula is C23H27N3O4. The molecule has 2 aliphatic heterocycles. The Bertz CT molecular complexity index is 993. The number of H-pyrrole nitrogens is 1. The first-order valence-corrected chi connectivity index (χ1v) is 10.9. The van der Waals surface area contributed by atoms with Crippen LogP contribution in [0.1, 0.15) is 43.0 Å². The Morgan fingerprint density at radius 3 is 2.83 bits per heavy atom. The Kier molecular flexibility index (Phi) is 4.85. The number of ketones is 1. The second-order valence-electron chi connectivity index (χ2n) is 8.93. The van der Waals surface area contributed by atoms with Crippen molar-refractivity contribution in [1.82, 2.24) is 15.2 Å². The molecule has 158 valence electrons. The molecule has 7 heteroatoms. The molecule has 4 atom stereocenters. The second-order valence-corrected chi connectivity index (χ2v) is 8.93. The summed E-state index contributed by atoms with van der Waals surface area (Å²) < 4.78 is 5.64. The van der Waals surface area contributed by atoms with Gasteiger partial charge in [0.15, 0.2) is 5.78 Å². The molecular weight excluding hydrogens is 382 g/mol. The minimum Gasteiger partial charge on any atom is -0.367 e. The molecule has 7 nitrogen and oxygen atoms in total. The van der Waals surface area contributed by atoms with Gasteiger partial charge in [0.25, 0.3) is 5.91 Å². The van der Waals surface area contributed by atoms with Gasteiger partial charge in [0.05, 0.1) is 6.10 Å². The van der Waals surface area contributed by atoms with E-state index >= 15 is 0 Å². The van der Waals surface area contributed by atoms with Gasteiger partial charge in [-0.2, -0.15) is 0 Å². The number of hydrogen-bond donors (Lipinski definition) is 2. The summed E-state index contributed by atoms with van der Waals surface area (Å²) in [6, 6.07) is 6.32. The number of likely N-dealkylation sites (tertiary alicyclic amines) is 1. The van der Waals surface area contributed by atoms with Crippen LogP contribution in [0.4, 0.5) is 0 Å². The van der Waals surface area contributed by atoms with Crippen LogP contribution in [0.2, 0.25) is 0 Å². The monoisotopic (exact) mass is 409 g/mol. The maximum absolute atomic E-state index is 13.6. The highest BCUT2D eigenvalue weighted by molar-refractivity contribution is 6.01. The van der Waals surface area contributed by atoms with E-state index in [2.05, 4.69) is 10.3 Å². The molecule has 3 aliphatic rings. The van der Waals surface area contributed by atoms with Crippen LogP contribution in [0.25, 0.3) is 10.9 Å². The number of aromatic nitrogens is 1. The summed E-state index contributed by atoms with van der Waals surface area (Å²) in [5.41, 5.74) is 1.41. The van der Waals surface area contributed by atoms with E-state index in [0.717, 1.165) is 36.6 Å². The zero-order chi connectivity index (χ0) is 20.8. The first-order valence-electron chi connectivity index (χ1n) is 10.9. The molecule has 2 saturated heterocycles. The van der Waals surface area contributed by atoms with Crippen LogP contribution in [-0.4, -0.2) is 58.8 Å². The van der Waals surface area contributed by atoms with Crippen molar-refractivity contribution in [3.63, 3.8) is 0 Å². The number of nitrogens with zero attached hydrogens (tertiary/aromatic N) is 1. The number of Topliss-reactive ketones (excluding diaryl/α,β-unsaturated/α-hetero) is 1. The second kappa shape index (κ2) is 7.54. The minimum atomic E-state index is -0.612. The maximum atomic E-state index is 13.6. The molecule has 1 saturated carbocycles. The van der Waals surface area contributed by atoms with Crippen LogP contribution < -0.4 is 5.32 Å². The molecule has 2 N–H and O–H groups in total. The van der Waals surface area contributed by atoms with E-state index in [1.54, 1.807) is 11.0 Å². The first kappa shape index (κ1) is 19.3. The fourth-order valence-corrected chi connectivity index (χ4v) is 5.38. The van der Waals surface area contributed by atoms with Crippen LogP contribution in [-0.2, 0) is 14.3 Å². The molecule has 1 aliphatic carbocycles. The largest absolute Gasteiger partial charge is 0.367 e. The van der Waals surface area contributed by atoms with Crippen molar-refractivity contribution >= 4 is 28.5 Å². The molecule has 0 bridgehead atoms. The molecule has 5 rings (SSSR count). The number of aromatic amines is 1. The van der Waals surface area contributed by atoms with Gasteiger partial charge in [-0.3, -0.25) is 14.4 Å². The Morgan fingerprint density at radius 1 is 1.23 bits per heavy atom. The number of carbonyl (C=O) groups excluding carboxylic acids is 3. The summed E-state index contributed by atoms with van der Waals surface area (Å²) in [5, 5.41) is 4.06. The Labute approximate surface area is 175 Å². The van der Waals surface area contributed by atoms with Gasteiger partial charge in [0, 0.05) is 29.7 Å². The molecule has 3 fully saturated rings. The molecule has 0 spiro atoms. The van der Waals surface area contributed by atoms with E-state index in [9.17, 15) is 14.4 Å². The molecule has 30 heavy (non-hydrogen) atoms. The summed E-state index contributed by atoms with van der Waals surface area (Å²) in [6.45, 7) is 2.58. The van der Waals surface area contributed by atoms with Crippen molar-refractivity contribution in [3.8, 4) is 0 Å². The number of benzene rings is 1. The van der Waals surface area contributed by atoms with Gasteiger partial charge in [-0.05, 0) is 42.3 Å². The SMILES string of the molecule is C[C@@H]1CN(C(=O)[C@@H](NC(=O)c2ccc3cc[nH]c3c2)C2CCCC2)[C@@H]2C(=O)CO[C@H]12. The molecule has 2 amide bonds. The van der Waals surface area contributed by atoms with Crippen LogP contribution in [0.5, 0.6) is 0 Å². The number of rotatable bonds is 4. The number of hydrogen-bond acceptors (Lipinski definition) is 4. The van der Waals surface area contributed by atoms with Gasteiger partial charge in [-0.15, -0.1) is 0 Å². The van der Waals surface area contributed by atoms with E-state index in [0.29, 0.717) is 12.1 Å². The highest BCUT2D eigenvalue weighted by Crippen LogP contribution is 2.35. The predicted octanol–water partition coefficient (Wildman–Crippen LogP) is 2.27. The van der Waals surface area contributed by atoms with E-state index in [4.69, 9.17) is 4.74 Å². The molecule has 0 radical (unpaired) electrons. The summed E-state index contributed by atoms with van der Waals surface area (Å²) in [6.07, 6.45) is 5.55. The van der Waals surface area contributed by atoms with Crippen molar-refractivity contribution in [2.45, 2.75) is 50.8 Å². The van der Waals surface area contributed by atoms with Gasteiger partial charge in [0.2, 0.25) is 5.91 Å². The average molecular weight is 409 g/mol. The van der Waals surface area contributed by atoms with Crippen LogP contribution in [0, 0.1) is 11.8 Å². The van der Waals surface area contributed by atoms with Crippen molar-refractivity contribution in [2.24, 2.45) is 11.8 Å². The first-order chi connectivity index (χ1) is 14.5. The van der Waals surface area contributed by atoms with Gasteiger partial charge in [-0.25, -0.2) is 0 Å². The van der Waals surface area contributed by atoms with E-state index in [1.165, 1.54) is 0 Å². The molecule has 0 unspecified atom stereocenters. The van der Waals surface area contributed by atoms with Gasteiger partial charge in [0.1, 0.15) is 18.7 Å². The number of carbonyl (C=O) groups is 3. The predicted molar refractivity (Wildman–Crippen MR) is 111 cm³/mol. The third kappa shape index (κ3) is 3.21. The Morgan fingerprint density at radius 2 is 2.03 bits per heavy atom. The molecule has 1 aromatic heterocycles. The number of nitrogens with one attached hydrogen (secondary N) is 2. The zero-order valence-electron chi connectivity index (χ0n) is 17.1. The fourth-order valence-electron chi connectivity index (χ4n) is 5.38. The summed E-state index contributed by atoms with van der Waals surface area (Å²) in [4.78, 5) is 43.8. The lowest BCUT2D eigenvalue weighted by Gasteiger charge is -2.30. The standard InChI is InChI=1S/C23H27N3O4/c1-13-11-26(20-18(27)12-30-21(13)20)23(29)19(15-4-2-3-5-15)25-22(28)16-7-6-14-8-9-24-17(14)10-16/h6-10,13,15,19-21,24H,2-5,11-12H2,1H3,(H,25,28)/t13-,19+,20-,21-/m1/s1. The lowest BCUT2D eigenvalue weighted by Crippen LogP contribution is -2.54. The maximum Gasteiger partial charge on any atom is 0.252 e. The minimum absolute atomic E-state index is 0.0357. The smallest absolute Gasteiger partial charge is 0.252 e. The molecule has 3 heterocycles. The molecule has 2 aromatic rings. The van der Waals surface area contributed by atoms with Crippen molar-refractivity contribution in [2.75, 3.05) is 13.2 Å². The quantitative estimate of drug-likeness (QED) is 0.810. The lowest BCUT2D eigenvalue weighted by molar-refractivity contribution is -0.139. The van der Waals surface area contributed by atoms with Gasteiger partial charge >= 0.3 is 0 Å². The van der Waals surface area contributed by atoms with Crippen molar-refractivity contribution in [1.29, 1.82) is 0 Å².